The number of anilines is 2. The first-order valence-electron chi connectivity index (χ1n) is 9.79. The van der Waals surface area contributed by atoms with Crippen LogP contribution in [0.1, 0.15) is 40.4 Å². The number of H-pyrrole nitrogens is 1. The Morgan fingerprint density at radius 2 is 1.81 bits per heavy atom. The van der Waals surface area contributed by atoms with E-state index >= 15 is 0 Å². The summed E-state index contributed by atoms with van der Waals surface area (Å²) in [4.78, 5) is 25.0. The molecule has 32 heavy (non-hydrogen) atoms. The molecule has 0 saturated carbocycles. The Labute approximate surface area is 191 Å². The fourth-order valence-corrected chi connectivity index (χ4v) is 3.87. The van der Waals surface area contributed by atoms with E-state index in [9.17, 15) is 18.0 Å². The number of rotatable bonds is 7. The SMILES string of the molecule is CC(C)Cc1cc(C(=O)Nc2ccc(NC(=O)c3cccc(S(C)(=O)=O)c3)c(Cl)c2)n[nH]1. The van der Waals surface area contributed by atoms with Crippen molar-refractivity contribution in [3.05, 3.63) is 70.5 Å². The topological polar surface area (TPSA) is 121 Å². The number of aromatic nitrogens is 2. The van der Waals surface area contributed by atoms with Crippen molar-refractivity contribution >= 4 is 44.6 Å². The van der Waals surface area contributed by atoms with Crippen molar-refractivity contribution in [3.8, 4) is 0 Å². The third-order valence-electron chi connectivity index (χ3n) is 4.49. The predicted octanol–water partition coefficient (Wildman–Crippen LogP) is 4.17. The summed E-state index contributed by atoms with van der Waals surface area (Å²) >= 11 is 6.27. The predicted molar refractivity (Wildman–Crippen MR) is 124 cm³/mol. The van der Waals surface area contributed by atoms with Gasteiger partial charge in [0.15, 0.2) is 15.5 Å². The number of benzene rings is 2. The van der Waals surface area contributed by atoms with E-state index in [1.54, 1.807) is 18.2 Å². The Bertz CT molecular complexity index is 1270. The summed E-state index contributed by atoms with van der Waals surface area (Å²) in [6.07, 6.45) is 1.86. The van der Waals surface area contributed by atoms with Gasteiger partial charge < -0.3 is 10.6 Å². The molecule has 2 amide bonds. The smallest absolute Gasteiger partial charge is 0.276 e. The molecule has 0 atom stereocenters. The van der Waals surface area contributed by atoms with Crippen LogP contribution < -0.4 is 10.6 Å². The summed E-state index contributed by atoms with van der Waals surface area (Å²) in [6.45, 7) is 4.15. The molecule has 0 unspecified atom stereocenters. The standard InChI is InChI=1S/C22H23ClN4O4S/c1-13(2)9-16-12-20(27-26-16)22(29)24-15-7-8-19(18(23)11-15)25-21(28)14-5-4-6-17(10-14)32(3,30)31/h4-8,10-13H,9H2,1-3H3,(H,24,29)(H,25,28)(H,26,27). The van der Waals surface area contributed by atoms with E-state index < -0.39 is 15.7 Å². The van der Waals surface area contributed by atoms with Gasteiger partial charge in [-0.05, 0) is 54.8 Å². The molecule has 1 heterocycles. The quantitative estimate of drug-likeness (QED) is 0.474. The first-order chi connectivity index (χ1) is 15.0. The van der Waals surface area contributed by atoms with E-state index in [0.717, 1.165) is 18.4 Å². The lowest BCUT2D eigenvalue weighted by Crippen LogP contribution is -2.14. The minimum absolute atomic E-state index is 0.0456. The zero-order chi connectivity index (χ0) is 23.5. The third kappa shape index (κ3) is 5.95. The second kappa shape index (κ2) is 9.54. The molecule has 2 aromatic carbocycles. The first-order valence-corrected chi connectivity index (χ1v) is 12.1. The highest BCUT2D eigenvalue weighted by Gasteiger charge is 2.15. The molecule has 0 aliphatic rings. The third-order valence-corrected chi connectivity index (χ3v) is 5.91. The molecular weight excluding hydrogens is 452 g/mol. The largest absolute Gasteiger partial charge is 0.321 e. The number of hydrogen-bond acceptors (Lipinski definition) is 5. The van der Waals surface area contributed by atoms with Crippen LogP contribution in [0.3, 0.4) is 0 Å². The van der Waals surface area contributed by atoms with Gasteiger partial charge in [-0.25, -0.2) is 8.42 Å². The van der Waals surface area contributed by atoms with Gasteiger partial charge in [-0.1, -0.05) is 31.5 Å². The molecule has 0 saturated heterocycles. The van der Waals surface area contributed by atoms with Gasteiger partial charge in [0.2, 0.25) is 0 Å². The lowest BCUT2D eigenvalue weighted by atomic mass is 10.1. The van der Waals surface area contributed by atoms with Crippen molar-refractivity contribution in [2.75, 3.05) is 16.9 Å². The van der Waals surface area contributed by atoms with Crippen LogP contribution in [0.2, 0.25) is 5.02 Å². The first kappa shape index (κ1) is 23.5. The Hall–Kier alpha value is -3.17. The maximum absolute atomic E-state index is 12.5. The molecule has 0 aliphatic heterocycles. The number of halogens is 1. The van der Waals surface area contributed by atoms with E-state index in [1.807, 2.05) is 0 Å². The molecular formula is C22H23ClN4O4S. The van der Waals surface area contributed by atoms with Gasteiger partial charge >= 0.3 is 0 Å². The van der Waals surface area contributed by atoms with Crippen LogP contribution in [0.4, 0.5) is 11.4 Å². The lowest BCUT2D eigenvalue weighted by Gasteiger charge is -2.10. The fraction of sp³-hybridized carbons (Fsp3) is 0.227. The zero-order valence-corrected chi connectivity index (χ0v) is 19.3. The molecule has 3 rings (SSSR count). The van der Waals surface area contributed by atoms with Crippen LogP contribution in [-0.2, 0) is 16.3 Å². The van der Waals surface area contributed by atoms with Gasteiger partial charge in [0.25, 0.3) is 11.8 Å². The second-order valence-corrected chi connectivity index (χ2v) is 10.2. The van der Waals surface area contributed by atoms with Gasteiger partial charge in [-0.2, -0.15) is 5.10 Å². The summed E-state index contributed by atoms with van der Waals surface area (Å²) in [5.74, 6) is -0.466. The van der Waals surface area contributed by atoms with Crippen LogP contribution in [-0.4, -0.2) is 36.7 Å². The van der Waals surface area contributed by atoms with Crippen molar-refractivity contribution in [1.29, 1.82) is 0 Å². The van der Waals surface area contributed by atoms with E-state index in [4.69, 9.17) is 11.6 Å². The highest BCUT2D eigenvalue weighted by atomic mass is 35.5. The minimum Gasteiger partial charge on any atom is -0.321 e. The molecule has 0 radical (unpaired) electrons. The average molecular weight is 475 g/mol. The number of amides is 2. The monoisotopic (exact) mass is 474 g/mol. The van der Waals surface area contributed by atoms with Gasteiger partial charge in [0.1, 0.15) is 0 Å². The molecule has 0 fully saturated rings. The molecule has 0 bridgehead atoms. The van der Waals surface area contributed by atoms with E-state index in [1.165, 1.54) is 30.3 Å². The summed E-state index contributed by atoms with van der Waals surface area (Å²) in [6, 6.07) is 12.1. The van der Waals surface area contributed by atoms with E-state index in [2.05, 4.69) is 34.7 Å². The van der Waals surface area contributed by atoms with Crippen molar-refractivity contribution in [3.63, 3.8) is 0 Å². The van der Waals surface area contributed by atoms with Crippen molar-refractivity contribution in [2.45, 2.75) is 25.2 Å². The number of nitrogens with one attached hydrogen (secondary N) is 3. The molecule has 1 aromatic heterocycles. The molecule has 0 spiro atoms. The minimum atomic E-state index is -3.44. The van der Waals surface area contributed by atoms with E-state index in [-0.39, 0.29) is 27.1 Å². The number of carbonyl (C=O) groups is 2. The fourth-order valence-electron chi connectivity index (χ4n) is 2.97. The Morgan fingerprint density at radius 3 is 2.47 bits per heavy atom. The second-order valence-electron chi connectivity index (χ2n) is 7.78. The Balaban J connectivity index is 1.69. The molecule has 168 valence electrons. The average Bonchev–Trinajstić information content (AvgIpc) is 3.17. The number of nitrogens with zero attached hydrogens (tertiary/aromatic N) is 1. The molecule has 0 aliphatic carbocycles. The zero-order valence-electron chi connectivity index (χ0n) is 17.8. The van der Waals surface area contributed by atoms with Crippen molar-refractivity contribution in [2.24, 2.45) is 5.92 Å². The van der Waals surface area contributed by atoms with Crippen molar-refractivity contribution in [1.82, 2.24) is 10.2 Å². The summed E-state index contributed by atoms with van der Waals surface area (Å²) in [5.41, 5.74) is 2.07. The van der Waals surface area contributed by atoms with Gasteiger partial charge in [-0.3, -0.25) is 14.7 Å². The Kier molecular flexibility index (Phi) is 7.00. The number of carbonyl (C=O) groups excluding carboxylic acids is 2. The van der Waals surface area contributed by atoms with Gasteiger partial charge in [-0.15, -0.1) is 0 Å². The van der Waals surface area contributed by atoms with Crippen LogP contribution >= 0.6 is 11.6 Å². The highest BCUT2D eigenvalue weighted by molar-refractivity contribution is 7.90. The van der Waals surface area contributed by atoms with Crippen LogP contribution in [0.25, 0.3) is 0 Å². The molecule has 3 N–H and O–H groups in total. The van der Waals surface area contributed by atoms with Crippen molar-refractivity contribution < 1.29 is 18.0 Å². The number of sulfone groups is 1. The van der Waals surface area contributed by atoms with E-state index in [0.29, 0.717) is 17.3 Å². The Morgan fingerprint density at radius 1 is 1.06 bits per heavy atom. The normalized spacial score (nSPS) is 11.4. The van der Waals surface area contributed by atoms with Crippen LogP contribution in [0, 0.1) is 5.92 Å². The highest BCUT2D eigenvalue weighted by Crippen LogP contribution is 2.26. The van der Waals surface area contributed by atoms with Crippen LogP contribution in [0.5, 0.6) is 0 Å². The lowest BCUT2D eigenvalue weighted by molar-refractivity contribution is 0.101. The molecule has 8 nitrogen and oxygen atoms in total. The molecule has 10 heteroatoms. The van der Waals surface area contributed by atoms with Gasteiger partial charge in [0.05, 0.1) is 15.6 Å². The number of hydrogen-bond donors (Lipinski definition) is 3. The summed E-state index contributed by atoms with van der Waals surface area (Å²) in [7, 11) is -3.44. The maximum Gasteiger partial charge on any atom is 0.276 e. The van der Waals surface area contributed by atoms with Gasteiger partial charge in [0, 0.05) is 23.2 Å². The number of aromatic amines is 1. The summed E-state index contributed by atoms with van der Waals surface area (Å²) in [5, 5.41) is 12.5. The molecule has 3 aromatic rings. The summed E-state index contributed by atoms with van der Waals surface area (Å²) < 4.78 is 23.4. The van der Waals surface area contributed by atoms with Crippen LogP contribution in [0.15, 0.2) is 53.4 Å². The maximum atomic E-state index is 12.5.